The zero-order valence-corrected chi connectivity index (χ0v) is 12.5. The molecule has 0 aliphatic carbocycles. The molecule has 122 valence electrons. The Hall–Kier alpha value is -2.21. The van der Waals surface area contributed by atoms with Gasteiger partial charge in [0.1, 0.15) is 6.10 Å². The van der Waals surface area contributed by atoms with Crippen molar-refractivity contribution in [2.75, 3.05) is 20.2 Å². The molecule has 0 bridgehead atoms. The van der Waals surface area contributed by atoms with E-state index in [0.29, 0.717) is 30.2 Å². The first kappa shape index (κ1) is 15.7. The van der Waals surface area contributed by atoms with Gasteiger partial charge in [0, 0.05) is 13.1 Å². The molecule has 0 amide bonds. The topological polar surface area (TPSA) is 30.5 Å². The molecule has 1 aliphatic rings. The Morgan fingerprint density at radius 1 is 1.04 bits per heavy atom. The maximum atomic E-state index is 13.2. The summed E-state index contributed by atoms with van der Waals surface area (Å²) >= 11 is 0. The lowest BCUT2D eigenvalue weighted by molar-refractivity contribution is -0.137. The minimum atomic E-state index is -4.41. The van der Waals surface area contributed by atoms with E-state index in [0.717, 1.165) is 6.07 Å². The Morgan fingerprint density at radius 3 is 2.39 bits per heavy atom. The normalized spacial score (nSPS) is 15.1. The summed E-state index contributed by atoms with van der Waals surface area (Å²) in [5, 5.41) is 3.08. The fourth-order valence-electron chi connectivity index (χ4n) is 2.44. The van der Waals surface area contributed by atoms with E-state index in [4.69, 9.17) is 9.47 Å². The predicted molar refractivity (Wildman–Crippen MR) is 80.7 cm³/mol. The standard InChI is InChI=1S/C17H16F3NO2/c1-22-15-7-6-11(8-16(15)23-12-9-21-10-12)13-4-2-3-5-14(13)17(18,19)20/h2-8,12,21H,9-10H2,1H3. The highest BCUT2D eigenvalue weighted by atomic mass is 19.4. The van der Waals surface area contributed by atoms with Gasteiger partial charge in [0.25, 0.3) is 0 Å². The first-order valence-corrected chi connectivity index (χ1v) is 7.21. The number of alkyl halides is 3. The van der Waals surface area contributed by atoms with Crippen LogP contribution >= 0.6 is 0 Å². The molecule has 0 aromatic heterocycles. The SMILES string of the molecule is COc1ccc(-c2ccccc2C(F)(F)F)cc1OC1CNC1. The fraction of sp³-hybridized carbons (Fsp3) is 0.294. The van der Waals surface area contributed by atoms with Crippen LogP contribution in [0.3, 0.4) is 0 Å². The second kappa shape index (κ2) is 6.12. The van der Waals surface area contributed by atoms with E-state index < -0.39 is 11.7 Å². The second-order valence-corrected chi connectivity index (χ2v) is 5.31. The van der Waals surface area contributed by atoms with Gasteiger partial charge in [-0.05, 0) is 29.3 Å². The summed E-state index contributed by atoms with van der Waals surface area (Å²) in [5.74, 6) is 0.957. The van der Waals surface area contributed by atoms with Crippen LogP contribution in [0.1, 0.15) is 5.56 Å². The molecule has 0 radical (unpaired) electrons. The van der Waals surface area contributed by atoms with Gasteiger partial charge in [0.2, 0.25) is 0 Å². The van der Waals surface area contributed by atoms with Gasteiger partial charge in [-0.15, -0.1) is 0 Å². The van der Waals surface area contributed by atoms with Crippen LogP contribution in [0, 0.1) is 0 Å². The summed E-state index contributed by atoms with van der Waals surface area (Å²) < 4.78 is 50.6. The lowest BCUT2D eigenvalue weighted by Crippen LogP contribution is -2.50. The molecule has 23 heavy (non-hydrogen) atoms. The minimum absolute atomic E-state index is 0.0111. The van der Waals surface area contributed by atoms with Crippen LogP contribution in [-0.4, -0.2) is 26.3 Å². The maximum Gasteiger partial charge on any atom is 0.417 e. The van der Waals surface area contributed by atoms with Crippen LogP contribution < -0.4 is 14.8 Å². The minimum Gasteiger partial charge on any atom is -0.493 e. The van der Waals surface area contributed by atoms with Crippen molar-refractivity contribution in [3.63, 3.8) is 0 Å². The molecule has 1 saturated heterocycles. The Bertz CT molecular complexity index is 696. The molecule has 3 rings (SSSR count). The van der Waals surface area contributed by atoms with Crippen molar-refractivity contribution < 1.29 is 22.6 Å². The highest BCUT2D eigenvalue weighted by Gasteiger charge is 2.33. The molecule has 1 heterocycles. The fourth-order valence-corrected chi connectivity index (χ4v) is 2.44. The molecule has 2 aromatic carbocycles. The van der Waals surface area contributed by atoms with Crippen LogP contribution in [0.25, 0.3) is 11.1 Å². The van der Waals surface area contributed by atoms with E-state index in [9.17, 15) is 13.2 Å². The van der Waals surface area contributed by atoms with Crippen LogP contribution in [0.4, 0.5) is 13.2 Å². The van der Waals surface area contributed by atoms with Crippen molar-refractivity contribution in [1.82, 2.24) is 5.32 Å². The number of hydrogen-bond acceptors (Lipinski definition) is 3. The van der Waals surface area contributed by atoms with Crippen molar-refractivity contribution in [2.24, 2.45) is 0 Å². The van der Waals surface area contributed by atoms with Crippen LogP contribution in [-0.2, 0) is 6.18 Å². The number of nitrogens with one attached hydrogen (secondary N) is 1. The molecular weight excluding hydrogens is 307 g/mol. The van der Waals surface area contributed by atoms with E-state index >= 15 is 0 Å². The van der Waals surface area contributed by atoms with Crippen LogP contribution in [0.2, 0.25) is 0 Å². The molecule has 1 N–H and O–H groups in total. The average Bonchev–Trinajstić information content (AvgIpc) is 2.50. The van der Waals surface area contributed by atoms with Crippen molar-refractivity contribution in [3.8, 4) is 22.6 Å². The molecule has 1 aliphatic heterocycles. The first-order chi connectivity index (χ1) is 11.0. The van der Waals surface area contributed by atoms with Crippen LogP contribution in [0.15, 0.2) is 42.5 Å². The lowest BCUT2D eigenvalue weighted by Gasteiger charge is -2.28. The number of rotatable bonds is 4. The molecule has 0 saturated carbocycles. The van der Waals surface area contributed by atoms with Gasteiger partial charge in [-0.2, -0.15) is 13.2 Å². The van der Waals surface area contributed by atoms with Gasteiger partial charge < -0.3 is 14.8 Å². The quantitative estimate of drug-likeness (QED) is 0.930. The number of ether oxygens (including phenoxy) is 2. The molecule has 3 nitrogen and oxygen atoms in total. The largest absolute Gasteiger partial charge is 0.493 e. The summed E-state index contributed by atoms with van der Waals surface area (Å²) in [6, 6.07) is 10.3. The Labute approximate surface area is 132 Å². The average molecular weight is 323 g/mol. The lowest BCUT2D eigenvalue weighted by atomic mass is 9.99. The van der Waals surface area contributed by atoms with E-state index in [1.165, 1.54) is 19.2 Å². The van der Waals surface area contributed by atoms with Crippen molar-refractivity contribution in [2.45, 2.75) is 12.3 Å². The molecule has 2 aromatic rings. The highest BCUT2D eigenvalue weighted by molar-refractivity contribution is 5.71. The summed E-state index contributed by atoms with van der Waals surface area (Å²) in [7, 11) is 1.50. The summed E-state index contributed by atoms with van der Waals surface area (Å²) in [6.45, 7) is 1.43. The Balaban J connectivity index is 2.02. The number of halogens is 3. The zero-order chi connectivity index (χ0) is 16.4. The van der Waals surface area contributed by atoms with E-state index in [1.54, 1.807) is 24.3 Å². The van der Waals surface area contributed by atoms with E-state index in [1.807, 2.05) is 0 Å². The third-order valence-corrected chi connectivity index (χ3v) is 3.74. The van der Waals surface area contributed by atoms with E-state index in [-0.39, 0.29) is 11.7 Å². The monoisotopic (exact) mass is 323 g/mol. The molecule has 1 fully saturated rings. The first-order valence-electron chi connectivity index (χ1n) is 7.21. The summed E-state index contributed by atoms with van der Waals surface area (Å²) in [5.41, 5.74) is -0.0957. The van der Waals surface area contributed by atoms with Gasteiger partial charge in [0.15, 0.2) is 11.5 Å². The van der Waals surface area contributed by atoms with Gasteiger partial charge in [0.05, 0.1) is 12.7 Å². The Kier molecular flexibility index (Phi) is 4.17. The third kappa shape index (κ3) is 3.27. The molecule has 0 unspecified atom stereocenters. The highest BCUT2D eigenvalue weighted by Crippen LogP contribution is 2.40. The maximum absolute atomic E-state index is 13.2. The molecule has 6 heteroatoms. The number of hydrogen-bond donors (Lipinski definition) is 1. The smallest absolute Gasteiger partial charge is 0.417 e. The predicted octanol–water partition coefficient (Wildman–Crippen LogP) is 3.73. The summed E-state index contributed by atoms with van der Waals surface area (Å²) in [4.78, 5) is 0. The molecule has 0 spiro atoms. The number of benzene rings is 2. The van der Waals surface area contributed by atoms with E-state index in [2.05, 4.69) is 5.32 Å². The van der Waals surface area contributed by atoms with Gasteiger partial charge in [-0.1, -0.05) is 24.3 Å². The summed E-state index contributed by atoms with van der Waals surface area (Å²) in [6.07, 6.45) is -4.40. The Morgan fingerprint density at radius 2 is 1.78 bits per heavy atom. The van der Waals surface area contributed by atoms with Gasteiger partial charge in [-0.25, -0.2) is 0 Å². The van der Waals surface area contributed by atoms with Crippen molar-refractivity contribution >= 4 is 0 Å². The van der Waals surface area contributed by atoms with Crippen LogP contribution in [0.5, 0.6) is 11.5 Å². The van der Waals surface area contributed by atoms with Gasteiger partial charge >= 0.3 is 6.18 Å². The molecular formula is C17H16F3NO2. The zero-order valence-electron chi connectivity index (χ0n) is 12.5. The third-order valence-electron chi connectivity index (χ3n) is 3.74. The van der Waals surface area contributed by atoms with Crippen molar-refractivity contribution in [1.29, 1.82) is 0 Å². The van der Waals surface area contributed by atoms with Crippen molar-refractivity contribution in [3.05, 3.63) is 48.0 Å². The molecule has 0 atom stereocenters. The number of methoxy groups -OCH3 is 1. The second-order valence-electron chi connectivity index (χ2n) is 5.31. The van der Waals surface area contributed by atoms with Gasteiger partial charge in [-0.3, -0.25) is 0 Å².